The molecule has 0 heterocycles. The van der Waals surface area contributed by atoms with Crippen molar-refractivity contribution in [3.8, 4) is 0 Å². The fourth-order valence-electron chi connectivity index (χ4n) is 0. The summed E-state index contributed by atoms with van der Waals surface area (Å²) in [6.45, 7) is 2.05. The first-order chi connectivity index (χ1) is 1.91. The van der Waals surface area contributed by atoms with Crippen LogP contribution in [-0.4, -0.2) is 5.88 Å². The third-order valence-electron chi connectivity index (χ3n) is 0.189. The van der Waals surface area contributed by atoms with E-state index in [-0.39, 0.29) is 12.4 Å². The normalized spacial score (nSPS) is 6.00. The highest BCUT2D eigenvalue weighted by molar-refractivity contribution is 6.17. The summed E-state index contributed by atoms with van der Waals surface area (Å²) >= 11 is 5.19. The largest absolute Gasteiger partial charge is 0.147 e. The SMILES string of the molecule is CCCCl.Cl. The molecule has 0 aromatic heterocycles. The van der Waals surface area contributed by atoms with E-state index in [9.17, 15) is 0 Å². The molecule has 0 atom stereocenters. The highest BCUT2D eigenvalue weighted by atomic mass is 35.5. The number of hydrogen-bond donors (Lipinski definition) is 0. The van der Waals surface area contributed by atoms with Gasteiger partial charge in [0, 0.05) is 5.88 Å². The lowest BCUT2D eigenvalue weighted by atomic mass is 10.6. The predicted molar refractivity (Wildman–Crippen MR) is 28.3 cm³/mol. The molecule has 0 aromatic rings. The maximum atomic E-state index is 5.19. The van der Waals surface area contributed by atoms with Gasteiger partial charge in [0.1, 0.15) is 0 Å². The molecule has 0 spiro atoms. The lowest BCUT2D eigenvalue weighted by Gasteiger charge is -1.65. The Morgan fingerprint density at radius 1 is 1.60 bits per heavy atom. The van der Waals surface area contributed by atoms with E-state index in [4.69, 9.17) is 11.6 Å². The predicted octanol–water partition coefficient (Wildman–Crippen LogP) is 2.06. The Morgan fingerprint density at radius 2 is 1.80 bits per heavy atom. The summed E-state index contributed by atoms with van der Waals surface area (Å²) in [6.07, 6.45) is 1.08. The molecule has 0 aliphatic heterocycles. The lowest BCUT2D eigenvalue weighted by molar-refractivity contribution is 1.10. The van der Waals surface area contributed by atoms with Gasteiger partial charge in [-0.3, -0.25) is 0 Å². The second kappa shape index (κ2) is 8.82. The summed E-state index contributed by atoms with van der Waals surface area (Å²) in [7, 11) is 0. The lowest BCUT2D eigenvalue weighted by Crippen LogP contribution is -1.55. The number of hydrogen-bond acceptors (Lipinski definition) is 0. The van der Waals surface area contributed by atoms with Crippen molar-refractivity contribution in [2.75, 3.05) is 5.88 Å². The zero-order valence-corrected chi connectivity index (χ0v) is 4.77. The Kier molecular flexibility index (Phi) is 16.1. The van der Waals surface area contributed by atoms with Crippen LogP contribution in [0.1, 0.15) is 13.3 Å². The highest BCUT2D eigenvalue weighted by Gasteiger charge is 1.59. The summed E-state index contributed by atoms with van der Waals surface area (Å²) in [5, 5.41) is 0. The molecule has 0 rings (SSSR count). The molecule has 0 unspecified atom stereocenters. The van der Waals surface area contributed by atoms with Crippen LogP contribution in [0, 0.1) is 0 Å². The highest BCUT2D eigenvalue weighted by Crippen LogP contribution is 1.75. The van der Waals surface area contributed by atoms with E-state index in [0.717, 1.165) is 12.3 Å². The Hall–Kier alpha value is 0.580. The zero-order valence-electron chi connectivity index (χ0n) is 3.20. The third kappa shape index (κ3) is 12.2. The van der Waals surface area contributed by atoms with E-state index in [1.807, 2.05) is 6.92 Å². The Balaban J connectivity index is 0. The molecule has 0 saturated heterocycles. The van der Waals surface area contributed by atoms with Gasteiger partial charge in [0.25, 0.3) is 0 Å². The average Bonchev–Trinajstić information content (AvgIpc) is 1.37. The van der Waals surface area contributed by atoms with E-state index >= 15 is 0 Å². The standard InChI is InChI=1S/C3H7Cl.ClH/c1-2-3-4;/h2-3H2,1H3;1H. The summed E-state index contributed by atoms with van der Waals surface area (Å²) in [5.41, 5.74) is 0. The van der Waals surface area contributed by atoms with Gasteiger partial charge in [0.05, 0.1) is 0 Å². The molecule has 0 nitrogen and oxygen atoms in total. The minimum Gasteiger partial charge on any atom is -0.147 e. The number of rotatable bonds is 1. The van der Waals surface area contributed by atoms with E-state index in [0.29, 0.717) is 0 Å². The van der Waals surface area contributed by atoms with E-state index < -0.39 is 0 Å². The second-order valence-electron chi connectivity index (χ2n) is 0.689. The first-order valence-corrected chi connectivity index (χ1v) is 2.01. The first-order valence-electron chi connectivity index (χ1n) is 1.47. The molecular weight excluding hydrogens is 107 g/mol. The smallest absolute Gasteiger partial charge is 0.0220 e. The topological polar surface area (TPSA) is 0 Å². The van der Waals surface area contributed by atoms with Gasteiger partial charge in [-0.25, -0.2) is 0 Å². The van der Waals surface area contributed by atoms with E-state index in [1.165, 1.54) is 0 Å². The molecule has 0 saturated carbocycles. The third-order valence-corrected chi connectivity index (χ3v) is 0.567. The van der Waals surface area contributed by atoms with Crippen molar-refractivity contribution in [3.05, 3.63) is 0 Å². The number of alkyl halides is 1. The van der Waals surface area contributed by atoms with Crippen LogP contribution in [0.25, 0.3) is 0 Å². The molecule has 0 aromatic carbocycles. The van der Waals surface area contributed by atoms with Gasteiger partial charge >= 0.3 is 0 Å². The van der Waals surface area contributed by atoms with Gasteiger partial charge in [0.2, 0.25) is 0 Å². The molecule has 34 valence electrons. The molecule has 0 amide bonds. The maximum Gasteiger partial charge on any atom is 0.0220 e. The Morgan fingerprint density at radius 3 is 1.80 bits per heavy atom. The monoisotopic (exact) mass is 114 g/mol. The van der Waals surface area contributed by atoms with Crippen molar-refractivity contribution in [2.45, 2.75) is 13.3 Å². The van der Waals surface area contributed by atoms with Crippen molar-refractivity contribution >= 4 is 24.0 Å². The molecule has 0 radical (unpaired) electrons. The van der Waals surface area contributed by atoms with E-state index in [2.05, 4.69) is 0 Å². The molecule has 0 N–H and O–H groups in total. The molecule has 0 aliphatic rings. The number of halogens is 2. The van der Waals surface area contributed by atoms with Crippen molar-refractivity contribution < 1.29 is 0 Å². The Bertz CT molecular complexity index is 6.85. The van der Waals surface area contributed by atoms with Crippen molar-refractivity contribution in [1.29, 1.82) is 0 Å². The van der Waals surface area contributed by atoms with Gasteiger partial charge in [0.15, 0.2) is 0 Å². The van der Waals surface area contributed by atoms with Gasteiger partial charge in [-0.05, 0) is 6.42 Å². The molecule has 5 heavy (non-hydrogen) atoms. The van der Waals surface area contributed by atoms with Gasteiger partial charge in [-0.15, -0.1) is 24.0 Å². The van der Waals surface area contributed by atoms with Gasteiger partial charge in [-0.1, -0.05) is 6.92 Å². The molecule has 2 heteroatoms. The van der Waals surface area contributed by atoms with Crippen LogP contribution < -0.4 is 0 Å². The molecule has 0 fully saturated rings. The van der Waals surface area contributed by atoms with Gasteiger partial charge in [-0.2, -0.15) is 0 Å². The maximum absolute atomic E-state index is 5.19. The van der Waals surface area contributed by atoms with Crippen LogP contribution in [-0.2, 0) is 0 Å². The van der Waals surface area contributed by atoms with Crippen molar-refractivity contribution in [2.24, 2.45) is 0 Å². The van der Waals surface area contributed by atoms with Crippen LogP contribution in [0.5, 0.6) is 0 Å². The quantitative estimate of drug-likeness (QED) is 0.459. The summed E-state index contributed by atoms with van der Waals surface area (Å²) in [5.74, 6) is 0.792. The zero-order chi connectivity index (χ0) is 3.41. The van der Waals surface area contributed by atoms with Crippen LogP contribution in [0.4, 0.5) is 0 Å². The fraction of sp³-hybridized carbons (Fsp3) is 1.00. The minimum absolute atomic E-state index is 0. The summed E-state index contributed by atoms with van der Waals surface area (Å²) in [6, 6.07) is 0. The van der Waals surface area contributed by atoms with Crippen molar-refractivity contribution in [1.82, 2.24) is 0 Å². The average molecular weight is 115 g/mol. The summed E-state index contributed by atoms with van der Waals surface area (Å²) in [4.78, 5) is 0. The van der Waals surface area contributed by atoms with Crippen LogP contribution in [0.3, 0.4) is 0 Å². The van der Waals surface area contributed by atoms with E-state index in [1.54, 1.807) is 0 Å². The molecular formula is C3H8Cl2. The van der Waals surface area contributed by atoms with Crippen LogP contribution in [0.2, 0.25) is 0 Å². The summed E-state index contributed by atoms with van der Waals surface area (Å²) < 4.78 is 0. The van der Waals surface area contributed by atoms with Gasteiger partial charge < -0.3 is 0 Å². The minimum atomic E-state index is 0. The molecule has 0 aliphatic carbocycles. The second-order valence-corrected chi connectivity index (χ2v) is 1.07. The van der Waals surface area contributed by atoms with Crippen LogP contribution >= 0.6 is 24.0 Å². The van der Waals surface area contributed by atoms with Crippen molar-refractivity contribution in [3.63, 3.8) is 0 Å². The first kappa shape index (κ1) is 9.13. The van der Waals surface area contributed by atoms with Crippen LogP contribution in [0.15, 0.2) is 0 Å². The fourth-order valence-corrected chi connectivity index (χ4v) is 0. The molecule has 0 bridgehead atoms. The Labute approximate surface area is 43.9 Å².